The molecule has 0 aliphatic heterocycles. The average molecular weight is 373 g/mol. The number of rotatable bonds is 11. The van der Waals surface area contributed by atoms with Crippen LogP contribution >= 0.6 is 24.0 Å². The number of nitrogens with two attached hydrogens (primary N) is 1. The van der Waals surface area contributed by atoms with Gasteiger partial charge in [0.2, 0.25) is 0 Å². The third-order valence-corrected chi connectivity index (χ3v) is 2.07. The molecule has 0 bridgehead atoms. The highest BCUT2D eigenvalue weighted by Gasteiger charge is 1.92. The maximum Gasteiger partial charge on any atom is 0.188 e. The fraction of sp³-hybridized carbons (Fsp3) is 0.917. The largest absolute Gasteiger partial charge is 0.379 e. The maximum absolute atomic E-state index is 5.61. The zero-order valence-corrected chi connectivity index (χ0v) is 13.9. The van der Waals surface area contributed by atoms with Gasteiger partial charge in [-0.25, -0.2) is 0 Å². The predicted molar refractivity (Wildman–Crippen MR) is 86.7 cm³/mol. The number of hydrogen-bond acceptors (Lipinski definition) is 3. The van der Waals surface area contributed by atoms with Crippen molar-refractivity contribution in [3.63, 3.8) is 0 Å². The predicted octanol–water partition coefficient (Wildman–Crippen LogP) is 1.75. The van der Waals surface area contributed by atoms with Crippen molar-refractivity contribution in [3.05, 3.63) is 0 Å². The maximum atomic E-state index is 5.61. The quantitative estimate of drug-likeness (QED) is 0.251. The van der Waals surface area contributed by atoms with Gasteiger partial charge in [-0.3, -0.25) is 4.99 Å². The molecule has 0 saturated heterocycles. The van der Waals surface area contributed by atoms with Crippen LogP contribution in [0, 0.1) is 0 Å². The van der Waals surface area contributed by atoms with Crippen molar-refractivity contribution < 1.29 is 9.47 Å². The second-order valence-electron chi connectivity index (χ2n) is 3.77. The summed E-state index contributed by atoms with van der Waals surface area (Å²) in [6.07, 6.45) is 3.29. The number of aliphatic imine (C=N–C) groups is 1. The van der Waals surface area contributed by atoms with E-state index in [-0.39, 0.29) is 24.0 Å². The highest BCUT2D eigenvalue weighted by molar-refractivity contribution is 14.0. The lowest BCUT2D eigenvalue weighted by molar-refractivity contribution is 0.0487. The Hall–Kier alpha value is -0.0800. The van der Waals surface area contributed by atoms with Crippen LogP contribution in [0.15, 0.2) is 4.99 Å². The van der Waals surface area contributed by atoms with Crippen LogP contribution in [0.2, 0.25) is 0 Å². The van der Waals surface area contributed by atoms with Crippen molar-refractivity contribution in [2.75, 3.05) is 39.5 Å². The SMILES string of the molecule is CCCCOCCOCCNC(N)=NCCC.I. The van der Waals surface area contributed by atoms with E-state index in [1.165, 1.54) is 6.42 Å². The van der Waals surface area contributed by atoms with Gasteiger partial charge < -0.3 is 20.5 Å². The monoisotopic (exact) mass is 373 g/mol. The van der Waals surface area contributed by atoms with Gasteiger partial charge >= 0.3 is 0 Å². The lowest BCUT2D eigenvalue weighted by Gasteiger charge is -2.07. The number of hydrogen-bond donors (Lipinski definition) is 2. The third-order valence-electron chi connectivity index (χ3n) is 2.07. The van der Waals surface area contributed by atoms with Crippen LogP contribution in [0.5, 0.6) is 0 Å². The minimum Gasteiger partial charge on any atom is -0.379 e. The topological polar surface area (TPSA) is 68.9 Å². The standard InChI is InChI=1S/C12H27N3O2.HI/c1-3-5-8-16-10-11-17-9-7-15-12(13)14-6-4-2;/h3-11H2,1-2H3,(H3,13,14,15);1H. The summed E-state index contributed by atoms with van der Waals surface area (Å²) in [7, 11) is 0. The smallest absolute Gasteiger partial charge is 0.188 e. The first-order chi connectivity index (χ1) is 8.31. The Morgan fingerprint density at radius 2 is 1.72 bits per heavy atom. The number of unbranched alkanes of at least 4 members (excludes halogenated alkanes) is 1. The molecule has 18 heavy (non-hydrogen) atoms. The van der Waals surface area contributed by atoms with Crippen molar-refractivity contribution in [1.29, 1.82) is 0 Å². The minimum absolute atomic E-state index is 0. The van der Waals surface area contributed by atoms with E-state index in [0.717, 1.165) is 26.0 Å². The van der Waals surface area contributed by atoms with Crippen molar-refractivity contribution >= 4 is 29.9 Å². The molecule has 110 valence electrons. The molecule has 0 radical (unpaired) electrons. The van der Waals surface area contributed by atoms with Crippen molar-refractivity contribution in [3.8, 4) is 0 Å². The second-order valence-corrected chi connectivity index (χ2v) is 3.77. The summed E-state index contributed by atoms with van der Waals surface area (Å²) >= 11 is 0. The van der Waals surface area contributed by atoms with E-state index in [0.29, 0.717) is 32.3 Å². The normalized spacial score (nSPS) is 11.1. The zero-order chi connectivity index (χ0) is 12.8. The van der Waals surface area contributed by atoms with Gasteiger partial charge in [0, 0.05) is 19.7 Å². The molecule has 0 fully saturated rings. The van der Waals surface area contributed by atoms with E-state index in [1.807, 2.05) is 0 Å². The lowest BCUT2D eigenvalue weighted by atomic mass is 10.4. The molecule has 6 heteroatoms. The van der Waals surface area contributed by atoms with Crippen LogP contribution in [-0.4, -0.2) is 45.5 Å². The van der Waals surface area contributed by atoms with Crippen molar-refractivity contribution in [2.45, 2.75) is 33.1 Å². The molecule has 0 aliphatic carbocycles. The summed E-state index contributed by atoms with van der Waals surface area (Å²) in [5, 5.41) is 2.99. The van der Waals surface area contributed by atoms with Gasteiger partial charge in [0.15, 0.2) is 5.96 Å². The molecule has 0 aromatic heterocycles. The van der Waals surface area contributed by atoms with Gasteiger partial charge in [-0.05, 0) is 12.8 Å². The Kier molecular flexibility index (Phi) is 19.0. The van der Waals surface area contributed by atoms with E-state index >= 15 is 0 Å². The Bertz CT molecular complexity index is 192. The van der Waals surface area contributed by atoms with Crippen LogP contribution < -0.4 is 11.1 Å². The van der Waals surface area contributed by atoms with E-state index in [2.05, 4.69) is 24.2 Å². The highest BCUT2D eigenvalue weighted by Crippen LogP contribution is 1.87. The summed E-state index contributed by atoms with van der Waals surface area (Å²) < 4.78 is 10.7. The van der Waals surface area contributed by atoms with Gasteiger partial charge in [0.1, 0.15) is 0 Å². The lowest BCUT2D eigenvalue weighted by Crippen LogP contribution is -2.34. The van der Waals surface area contributed by atoms with Gasteiger partial charge in [-0.2, -0.15) is 0 Å². The van der Waals surface area contributed by atoms with Crippen LogP contribution in [0.25, 0.3) is 0 Å². The molecule has 0 spiro atoms. The van der Waals surface area contributed by atoms with Crippen LogP contribution in [0.4, 0.5) is 0 Å². The van der Waals surface area contributed by atoms with Crippen molar-refractivity contribution in [1.82, 2.24) is 5.32 Å². The van der Waals surface area contributed by atoms with Gasteiger partial charge in [-0.1, -0.05) is 20.3 Å². The van der Waals surface area contributed by atoms with Gasteiger partial charge in [0.05, 0.1) is 19.8 Å². The molecule has 0 aromatic carbocycles. The molecular weight excluding hydrogens is 345 g/mol. The molecule has 0 saturated carbocycles. The second kappa shape index (κ2) is 16.9. The molecule has 5 nitrogen and oxygen atoms in total. The Balaban J connectivity index is 0. The van der Waals surface area contributed by atoms with Crippen LogP contribution in [-0.2, 0) is 9.47 Å². The fourth-order valence-electron chi connectivity index (χ4n) is 1.11. The van der Waals surface area contributed by atoms with E-state index < -0.39 is 0 Å². The first-order valence-electron chi connectivity index (χ1n) is 6.50. The first-order valence-corrected chi connectivity index (χ1v) is 6.50. The zero-order valence-electron chi connectivity index (χ0n) is 11.6. The molecule has 0 unspecified atom stereocenters. The van der Waals surface area contributed by atoms with Crippen LogP contribution in [0.3, 0.4) is 0 Å². The summed E-state index contributed by atoms with van der Waals surface area (Å²) in [6, 6.07) is 0. The van der Waals surface area contributed by atoms with Crippen molar-refractivity contribution in [2.24, 2.45) is 10.7 Å². The molecule has 0 atom stereocenters. The molecular formula is C12H28IN3O2. The summed E-state index contributed by atoms with van der Waals surface area (Å²) in [6.45, 7) is 8.43. The average Bonchev–Trinajstić information content (AvgIpc) is 2.34. The third kappa shape index (κ3) is 15.9. The molecule has 0 heterocycles. The minimum atomic E-state index is 0. The van der Waals surface area contributed by atoms with Gasteiger partial charge in [0.25, 0.3) is 0 Å². The summed E-state index contributed by atoms with van der Waals surface area (Å²) in [5.74, 6) is 0.495. The number of ether oxygens (including phenoxy) is 2. The number of nitrogens with one attached hydrogen (secondary N) is 1. The van der Waals surface area contributed by atoms with E-state index in [9.17, 15) is 0 Å². The fourth-order valence-corrected chi connectivity index (χ4v) is 1.11. The van der Waals surface area contributed by atoms with Gasteiger partial charge in [-0.15, -0.1) is 24.0 Å². The van der Waals surface area contributed by atoms with Crippen LogP contribution in [0.1, 0.15) is 33.1 Å². The molecule has 0 amide bonds. The molecule has 0 rings (SSSR count). The first kappa shape index (κ1) is 20.2. The highest BCUT2D eigenvalue weighted by atomic mass is 127. The number of guanidine groups is 1. The Labute approximate surface area is 128 Å². The molecule has 3 N–H and O–H groups in total. The van der Waals surface area contributed by atoms with E-state index in [4.69, 9.17) is 15.2 Å². The summed E-state index contributed by atoms with van der Waals surface area (Å²) in [4.78, 5) is 4.11. The summed E-state index contributed by atoms with van der Waals surface area (Å²) in [5.41, 5.74) is 5.61. The van der Waals surface area contributed by atoms with E-state index in [1.54, 1.807) is 0 Å². The molecule has 0 aromatic rings. The molecule has 0 aliphatic rings. The number of nitrogens with zero attached hydrogens (tertiary/aromatic N) is 1. The Morgan fingerprint density at radius 1 is 1.06 bits per heavy atom. The Morgan fingerprint density at radius 3 is 2.33 bits per heavy atom. The number of halogens is 1.